The summed E-state index contributed by atoms with van der Waals surface area (Å²) in [6.45, 7) is 8.78. The van der Waals surface area contributed by atoms with Crippen LogP contribution in [0.3, 0.4) is 0 Å². The number of hydrogen-bond donors (Lipinski definition) is 3. The maximum atomic E-state index is 3.41. The first-order valence-corrected chi connectivity index (χ1v) is 5.20. The van der Waals surface area contributed by atoms with Crippen molar-refractivity contribution in [1.82, 2.24) is 20.9 Å². The van der Waals surface area contributed by atoms with E-state index in [4.69, 9.17) is 0 Å². The molecule has 0 aliphatic carbocycles. The molecule has 106 valence electrons. The smallest absolute Gasteiger partial charge is 0.0104 e. The fraction of sp³-hybridized carbons (Fsp3) is 1.00. The third-order valence-corrected chi connectivity index (χ3v) is 2.30. The Morgan fingerprint density at radius 3 is 1.29 bits per heavy atom. The van der Waals surface area contributed by atoms with Gasteiger partial charge in [0.25, 0.3) is 0 Å². The Balaban J connectivity index is -0.000000211. The Morgan fingerprint density at radius 2 is 0.941 bits per heavy atom. The van der Waals surface area contributed by atoms with Crippen LogP contribution in [0.2, 0.25) is 0 Å². The maximum absolute atomic E-state index is 3.41. The monoisotopic (exact) mass is 339 g/mol. The molecule has 1 saturated heterocycles. The zero-order chi connectivity index (χ0) is 9.36. The van der Waals surface area contributed by atoms with Crippen LogP contribution in [0.4, 0.5) is 0 Å². The molecule has 1 aliphatic heterocycles. The quantitative estimate of drug-likeness (QED) is 0.383. The van der Waals surface area contributed by atoms with Gasteiger partial charge in [-0.05, 0) is 7.05 Å². The number of rotatable bonds is 0. The Bertz CT molecular complexity index is 123. The molecular formula is C9H22Cl3N4Ti-3. The van der Waals surface area contributed by atoms with Crippen LogP contribution >= 0.6 is 0 Å². The zero-order valence-corrected chi connectivity index (χ0v) is 14.1. The molecule has 0 unspecified atom stereocenters. The van der Waals surface area contributed by atoms with Crippen molar-refractivity contribution >= 4 is 0 Å². The Kier molecular flexibility index (Phi) is 31.2. The van der Waals surface area contributed by atoms with Crippen molar-refractivity contribution in [2.75, 3.05) is 59.4 Å². The molecule has 3 N–H and O–H groups in total. The summed E-state index contributed by atoms with van der Waals surface area (Å²) in [5.74, 6) is 0. The van der Waals surface area contributed by atoms with Crippen molar-refractivity contribution in [3.63, 3.8) is 0 Å². The third-order valence-electron chi connectivity index (χ3n) is 2.30. The summed E-state index contributed by atoms with van der Waals surface area (Å²) in [5.41, 5.74) is 0. The molecule has 1 rings (SSSR count). The SMILES string of the molecule is CN1CCNCCNCCNCC1.[Cl-].[Cl-].[Cl-].[Ti]. The van der Waals surface area contributed by atoms with E-state index in [0.717, 1.165) is 52.4 Å². The second-order valence-corrected chi connectivity index (χ2v) is 3.55. The van der Waals surface area contributed by atoms with E-state index in [2.05, 4.69) is 27.9 Å². The third kappa shape index (κ3) is 17.4. The van der Waals surface area contributed by atoms with Crippen molar-refractivity contribution < 1.29 is 58.9 Å². The van der Waals surface area contributed by atoms with E-state index < -0.39 is 0 Å². The Morgan fingerprint density at radius 1 is 0.647 bits per heavy atom. The molecule has 0 aromatic heterocycles. The molecule has 0 radical (unpaired) electrons. The van der Waals surface area contributed by atoms with Gasteiger partial charge in [0.2, 0.25) is 0 Å². The average Bonchev–Trinajstić information content (AvgIpc) is 2.11. The van der Waals surface area contributed by atoms with E-state index in [1.807, 2.05) is 0 Å². The summed E-state index contributed by atoms with van der Waals surface area (Å²) in [4.78, 5) is 2.36. The number of halogens is 3. The molecule has 0 aromatic carbocycles. The van der Waals surface area contributed by atoms with E-state index in [9.17, 15) is 0 Å². The fourth-order valence-corrected chi connectivity index (χ4v) is 1.38. The van der Waals surface area contributed by atoms with E-state index in [0.29, 0.717) is 0 Å². The molecule has 1 fully saturated rings. The van der Waals surface area contributed by atoms with Gasteiger partial charge in [0.1, 0.15) is 0 Å². The van der Waals surface area contributed by atoms with Crippen LogP contribution in [0.25, 0.3) is 0 Å². The van der Waals surface area contributed by atoms with Crippen LogP contribution in [-0.2, 0) is 21.7 Å². The van der Waals surface area contributed by atoms with Crippen LogP contribution in [0.15, 0.2) is 0 Å². The minimum atomic E-state index is 0. The van der Waals surface area contributed by atoms with Gasteiger partial charge in [-0.3, -0.25) is 0 Å². The maximum Gasteiger partial charge on any atom is 0.0104 e. The predicted molar refractivity (Wildman–Crippen MR) is 56.1 cm³/mol. The second kappa shape index (κ2) is 19.8. The average molecular weight is 341 g/mol. The molecule has 17 heavy (non-hydrogen) atoms. The largest absolute Gasteiger partial charge is 1.00 e. The molecule has 4 nitrogen and oxygen atoms in total. The summed E-state index contributed by atoms with van der Waals surface area (Å²) in [7, 11) is 2.17. The molecule has 0 bridgehead atoms. The molecule has 0 saturated carbocycles. The zero-order valence-electron chi connectivity index (χ0n) is 10.2. The van der Waals surface area contributed by atoms with Crippen molar-refractivity contribution in [2.24, 2.45) is 0 Å². The summed E-state index contributed by atoms with van der Waals surface area (Å²) >= 11 is 0. The van der Waals surface area contributed by atoms with Crippen LogP contribution < -0.4 is 53.2 Å². The second-order valence-electron chi connectivity index (χ2n) is 3.55. The molecule has 1 aliphatic rings. The van der Waals surface area contributed by atoms with E-state index >= 15 is 0 Å². The van der Waals surface area contributed by atoms with Gasteiger partial charge in [-0.25, -0.2) is 0 Å². The predicted octanol–water partition coefficient (Wildman–Crippen LogP) is -10.3. The van der Waals surface area contributed by atoms with Gasteiger partial charge in [0.15, 0.2) is 0 Å². The molecule has 0 atom stereocenters. The van der Waals surface area contributed by atoms with Crippen LogP contribution in [-0.4, -0.2) is 64.3 Å². The van der Waals surface area contributed by atoms with E-state index in [-0.39, 0.29) is 58.9 Å². The first-order chi connectivity index (χ1) is 6.39. The van der Waals surface area contributed by atoms with Crippen LogP contribution in [0, 0.1) is 0 Å². The molecule has 0 amide bonds. The van der Waals surface area contributed by atoms with Crippen molar-refractivity contribution in [1.29, 1.82) is 0 Å². The first kappa shape index (κ1) is 26.9. The van der Waals surface area contributed by atoms with Crippen LogP contribution in [0.1, 0.15) is 0 Å². The summed E-state index contributed by atoms with van der Waals surface area (Å²) in [6, 6.07) is 0. The van der Waals surface area contributed by atoms with Crippen LogP contribution in [0.5, 0.6) is 0 Å². The van der Waals surface area contributed by atoms with Gasteiger partial charge in [-0.1, -0.05) is 0 Å². The number of nitrogens with one attached hydrogen (secondary N) is 3. The van der Waals surface area contributed by atoms with E-state index in [1.54, 1.807) is 0 Å². The first-order valence-electron chi connectivity index (χ1n) is 5.20. The molecule has 8 heteroatoms. The van der Waals surface area contributed by atoms with Gasteiger partial charge < -0.3 is 58.1 Å². The van der Waals surface area contributed by atoms with Crippen molar-refractivity contribution in [2.45, 2.75) is 0 Å². The Labute approximate surface area is 139 Å². The number of hydrogen-bond acceptors (Lipinski definition) is 4. The topological polar surface area (TPSA) is 39.3 Å². The van der Waals surface area contributed by atoms with Gasteiger partial charge in [-0.2, -0.15) is 0 Å². The number of likely N-dealkylation sites (N-methyl/N-ethyl adjacent to an activating group) is 1. The normalized spacial score (nSPS) is 18.9. The van der Waals surface area contributed by atoms with Gasteiger partial charge in [0.05, 0.1) is 0 Å². The minimum absolute atomic E-state index is 0. The van der Waals surface area contributed by atoms with Gasteiger partial charge >= 0.3 is 0 Å². The summed E-state index contributed by atoms with van der Waals surface area (Å²) in [6.07, 6.45) is 0. The van der Waals surface area contributed by atoms with Crippen molar-refractivity contribution in [3.8, 4) is 0 Å². The van der Waals surface area contributed by atoms with Gasteiger partial charge in [0, 0.05) is 74.1 Å². The summed E-state index contributed by atoms with van der Waals surface area (Å²) in [5, 5.41) is 10.2. The molecular weight excluding hydrogens is 318 g/mol. The molecule has 0 spiro atoms. The number of nitrogens with zero attached hydrogens (tertiary/aromatic N) is 1. The van der Waals surface area contributed by atoms with Gasteiger partial charge in [-0.15, -0.1) is 0 Å². The van der Waals surface area contributed by atoms with Crippen molar-refractivity contribution in [3.05, 3.63) is 0 Å². The summed E-state index contributed by atoms with van der Waals surface area (Å²) < 4.78 is 0. The molecule has 0 aromatic rings. The molecule has 1 heterocycles. The van der Waals surface area contributed by atoms with E-state index in [1.165, 1.54) is 0 Å². The standard InChI is InChI=1S/C9H22N4.3ClH.Ti/c1-13-8-6-11-4-2-10-3-5-12-7-9-13;;;;/h10-12H,2-9H2,1H3;3*1H;/p-3. The minimum Gasteiger partial charge on any atom is -1.00 e. The fourth-order valence-electron chi connectivity index (χ4n) is 1.38. The Hall–Kier alpha value is 1.42.